The fourth-order valence-electron chi connectivity index (χ4n) is 2.91. The Balaban J connectivity index is 0.00000280. The zero-order valence-corrected chi connectivity index (χ0v) is 17.2. The van der Waals surface area contributed by atoms with Gasteiger partial charge in [0.1, 0.15) is 5.82 Å². The molecule has 1 heterocycles. The van der Waals surface area contributed by atoms with E-state index in [4.69, 9.17) is 14.2 Å². The summed E-state index contributed by atoms with van der Waals surface area (Å²) in [5, 5.41) is 10.4. The fourth-order valence-corrected chi connectivity index (χ4v) is 2.91. The molecule has 1 aliphatic carbocycles. The van der Waals surface area contributed by atoms with Crippen LogP contribution in [0, 0.1) is 5.92 Å². The normalized spacial score (nSPS) is 12.8. The molecule has 9 heteroatoms. The number of hydrogen-bond donors (Lipinski definition) is 2. The Hall–Kier alpha value is -2.45. The topological polar surface area (TPSA) is 86.6 Å². The molecule has 1 amide bonds. The minimum Gasteiger partial charge on any atom is -0.493 e. The summed E-state index contributed by atoms with van der Waals surface area (Å²) < 4.78 is 18.0. The van der Waals surface area contributed by atoms with Gasteiger partial charge in [0.25, 0.3) is 0 Å². The Morgan fingerprint density at radius 1 is 1.14 bits per heavy atom. The van der Waals surface area contributed by atoms with Gasteiger partial charge in [0.15, 0.2) is 11.5 Å². The second kappa shape index (κ2) is 10.2. The number of benzene rings is 1. The second-order valence-electron chi connectivity index (χ2n) is 6.49. The van der Waals surface area contributed by atoms with E-state index < -0.39 is 0 Å². The standard InChI is InChI=1S/C19H26N4O4.ClH/c1-25-15-7-6-14(18(26-2)19(15)27-3)12-23-16(8-9-21-23)22-17(24)11-20-10-13-4-5-13;/h6-9,13,20H,4-5,10-12H2,1-3H3,(H,22,24);1H. The average Bonchev–Trinajstić information content (AvgIpc) is 3.40. The summed E-state index contributed by atoms with van der Waals surface area (Å²) in [6, 6.07) is 5.48. The average molecular weight is 411 g/mol. The van der Waals surface area contributed by atoms with Gasteiger partial charge in [0, 0.05) is 11.6 Å². The van der Waals surface area contributed by atoms with E-state index >= 15 is 0 Å². The number of anilines is 1. The first-order valence-corrected chi connectivity index (χ1v) is 8.96. The smallest absolute Gasteiger partial charge is 0.239 e. The van der Waals surface area contributed by atoms with Crippen LogP contribution in [0.1, 0.15) is 18.4 Å². The van der Waals surface area contributed by atoms with Crippen molar-refractivity contribution in [2.24, 2.45) is 5.92 Å². The fraction of sp³-hybridized carbons (Fsp3) is 0.474. The number of halogens is 1. The van der Waals surface area contributed by atoms with Crippen molar-refractivity contribution in [2.75, 3.05) is 39.7 Å². The Bertz CT molecular complexity index is 792. The number of nitrogens with zero attached hydrogens (tertiary/aromatic N) is 2. The molecule has 1 aliphatic rings. The summed E-state index contributed by atoms with van der Waals surface area (Å²) in [4.78, 5) is 12.1. The van der Waals surface area contributed by atoms with Gasteiger partial charge >= 0.3 is 0 Å². The molecule has 2 aromatic rings. The summed E-state index contributed by atoms with van der Waals surface area (Å²) in [7, 11) is 4.73. The highest BCUT2D eigenvalue weighted by Crippen LogP contribution is 2.40. The highest BCUT2D eigenvalue weighted by Gasteiger charge is 2.21. The molecule has 2 N–H and O–H groups in total. The number of carbonyl (C=O) groups excluding carboxylic acids is 1. The minimum absolute atomic E-state index is 0. The van der Waals surface area contributed by atoms with E-state index in [2.05, 4.69) is 15.7 Å². The van der Waals surface area contributed by atoms with Gasteiger partial charge in [-0.3, -0.25) is 4.79 Å². The third kappa shape index (κ3) is 5.30. The number of nitrogens with one attached hydrogen (secondary N) is 2. The van der Waals surface area contributed by atoms with E-state index in [-0.39, 0.29) is 18.3 Å². The number of hydrogen-bond acceptors (Lipinski definition) is 6. The van der Waals surface area contributed by atoms with Crippen LogP contribution in [0.25, 0.3) is 0 Å². The number of ether oxygens (including phenoxy) is 3. The van der Waals surface area contributed by atoms with Gasteiger partial charge in [-0.05, 0) is 37.4 Å². The van der Waals surface area contributed by atoms with Crippen LogP contribution in [0.15, 0.2) is 24.4 Å². The number of rotatable bonds is 10. The zero-order chi connectivity index (χ0) is 19.2. The van der Waals surface area contributed by atoms with Crippen molar-refractivity contribution in [3.8, 4) is 17.2 Å². The summed E-state index contributed by atoms with van der Waals surface area (Å²) in [5.74, 6) is 2.98. The molecule has 154 valence electrons. The molecule has 0 saturated heterocycles. The third-order valence-corrected chi connectivity index (χ3v) is 4.51. The van der Waals surface area contributed by atoms with Crippen molar-refractivity contribution in [1.29, 1.82) is 0 Å². The molecule has 0 atom stereocenters. The Labute approximate surface area is 170 Å². The summed E-state index contributed by atoms with van der Waals surface area (Å²) in [5.41, 5.74) is 0.862. The molecule has 0 radical (unpaired) electrons. The van der Waals surface area contributed by atoms with Gasteiger partial charge in [-0.15, -0.1) is 12.4 Å². The lowest BCUT2D eigenvalue weighted by Crippen LogP contribution is -2.30. The van der Waals surface area contributed by atoms with E-state index in [1.165, 1.54) is 12.8 Å². The van der Waals surface area contributed by atoms with Gasteiger partial charge in [-0.2, -0.15) is 5.10 Å². The van der Waals surface area contributed by atoms with E-state index in [1.807, 2.05) is 12.1 Å². The molecule has 28 heavy (non-hydrogen) atoms. The van der Waals surface area contributed by atoms with E-state index in [0.717, 1.165) is 18.0 Å². The van der Waals surface area contributed by atoms with E-state index in [0.29, 0.717) is 36.2 Å². The first kappa shape index (κ1) is 21.8. The Morgan fingerprint density at radius 3 is 2.54 bits per heavy atom. The SMILES string of the molecule is COc1ccc(Cn2nccc2NC(=O)CNCC2CC2)c(OC)c1OC.Cl. The van der Waals surface area contributed by atoms with E-state index in [1.54, 1.807) is 38.3 Å². The molecule has 1 saturated carbocycles. The summed E-state index contributed by atoms with van der Waals surface area (Å²) in [6.07, 6.45) is 4.17. The van der Waals surface area contributed by atoms with Crippen LogP contribution in [-0.2, 0) is 11.3 Å². The van der Waals surface area contributed by atoms with Crippen LogP contribution in [0.5, 0.6) is 17.2 Å². The first-order chi connectivity index (χ1) is 13.2. The van der Waals surface area contributed by atoms with Crippen molar-refractivity contribution < 1.29 is 19.0 Å². The maximum atomic E-state index is 12.1. The highest BCUT2D eigenvalue weighted by atomic mass is 35.5. The quantitative estimate of drug-likeness (QED) is 0.625. The molecule has 1 aromatic carbocycles. The lowest BCUT2D eigenvalue weighted by molar-refractivity contribution is -0.115. The van der Waals surface area contributed by atoms with Gasteiger partial charge in [0.2, 0.25) is 11.7 Å². The van der Waals surface area contributed by atoms with E-state index in [9.17, 15) is 4.79 Å². The van der Waals surface area contributed by atoms with Crippen molar-refractivity contribution in [3.63, 3.8) is 0 Å². The number of aromatic nitrogens is 2. The number of methoxy groups -OCH3 is 3. The van der Waals surface area contributed by atoms with Gasteiger partial charge in [-0.1, -0.05) is 0 Å². The van der Waals surface area contributed by atoms with Crippen molar-refractivity contribution >= 4 is 24.1 Å². The summed E-state index contributed by atoms with van der Waals surface area (Å²) in [6.45, 7) is 1.61. The van der Waals surface area contributed by atoms with Crippen molar-refractivity contribution in [1.82, 2.24) is 15.1 Å². The molecule has 1 fully saturated rings. The molecule has 0 spiro atoms. The molecular weight excluding hydrogens is 384 g/mol. The Kier molecular flexibility index (Phi) is 7.95. The van der Waals surface area contributed by atoms with Crippen LogP contribution >= 0.6 is 12.4 Å². The second-order valence-corrected chi connectivity index (χ2v) is 6.49. The van der Waals surface area contributed by atoms with Crippen LogP contribution in [-0.4, -0.2) is 50.1 Å². The molecule has 1 aromatic heterocycles. The minimum atomic E-state index is -0.0864. The predicted octanol–water partition coefficient (Wildman–Crippen LogP) is 2.32. The third-order valence-electron chi connectivity index (χ3n) is 4.51. The summed E-state index contributed by atoms with van der Waals surface area (Å²) >= 11 is 0. The molecule has 0 aliphatic heterocycles. The molecule has 3 rings (SSSR count). The largest absolute Gasteiger partial charge is 0.493 e. The molecule has 0 bridgehead atoms. The lowest BCUT2D eigenvalue weighted by atomic mass is 10.1. The van der Waals surface area contributed by atoms with Gasteiger partial charge in [0.05, 0.1) is 40.6 Å². The van der Waals surface area contributed by atoms with Crippen LogP contribution in [0.4, 0.5) is 5.82 Å². The monoisotopic (exact) mass is 410 g/mol. The van der Waals surface area contributed by atoms with Crippen molar-refractivity contribution in [2.45, 2.75) is 19.4 Å². The molecular formula is C19H27ClN4O4. The predicted molar refractivity (Wildman–Crippen MR) is 109 cm³/mol. The number of carbonyl (C=O) groups is 1. The number of amides is 1. The van der Waals surface area contributed by atoms with Crippen LogP contribution in [0.2, 0.25) is 0 Å². The lowest BCUT2D eigenvalue weighted by Gasteiger charge is -2.16. The molecule has 0 unspecified atom stereocenters. The molecule has 8 nitrogen and oxygen atoms in total. The maximum absolute atomic E-state index is 12.1. The van der Waals surface area contributed by atoms with Gasteiger partial charge < -0.3 is 24.8 Å². The first-order valence-electron chi connectivity index (χ1n) is 8.96. The highest BCUT2D eigenvalue weighted by molar-refractivity contribution is 5.91. The van der Waals surface area contributed by atoms with Crippen LogP contribution in [0.3, 0.4) is 0 Å². The van der Waals surface area contributed by atoms with Crippen LogP contribution < -0.4 is 24.8 Å². The Morgan fingerprint density at radius 2 is 1.89 bits per heavy atom. The van der Waals surface area contributed by atoms with Gasteiger partial charge in [-0.25, -0.2) is 4.68 Å². The van der Waals surface area contributed by atoms with Crippen molar-refractivity contribution in [3.05, 3.63) is 30.0 Å². The maximum Gasteiger partial charge on any atom is 0.239 e. The zero-order valence-electron chi connectivity index (χ0n) is 16.4.